The molecule has 0 aliphatic carbocycles. The monoisotopic (exact) mass is 235 g/mol. The summed E-state index contributed by atoms with van der Waals surface area (Å²) in [4.78, 5) is 0. The number of fused-ring (bicyclic) bond motifs is 3. The summed E-state index contributed by atoms with van der Waals surface area (Å²) in [5.41, 5.74) is 3.97. The smallest absolute Gasteiger partial charge is 0.0530 e. The van der Waals surface area contributed by atoms with E-state index in [-0.39, 0.29) is 0 Å². The number of hydrogen-bond donors (Lipinski definition) is 0. The lowest BCUT2D eigenvalue weighted by atomic mass is 10.2. The molecule has 0 aliphatic heterocycles. The van der Waals surface area contributed by atoms with Crippen LogP contribution in [0.5, 0.6) is 0 Å². The van der Waals surface area contributed by atoms with Gasteiger partial charge in [0.2, 0.25) is 0 Å². The molecule has 0 N–H and O–H groups in total. The maximum atomic E-state index is 3.78. The Morgan fingerprint density at radius 2 is 1.83 bits per heavy atom. The maximum absolute atomic E-state index is 3.78. The molecular weight excluding hydrogens is 218 g/mol. The number of rotatable bonds is 4. The summed E-state index contributed by atoms with van der Waals surface area (Å²) >= 11 is 0. The molecule has 1 nitrogen and oxygen atoms in total. The lowest BCUT2D eigenvalue weighted by molar-refractivity contribution is 0.816. The lowest BCUT2D eigenvalue weighted by Crippen LogP contribution is -1.94. The van der Waals surface area contributed by atoms with Gasteiger partial charge in [-0.1, -0.05) is 30.3 Å². The average Bonchev–Trinajstić information content (AvgIpc) is 2.83. The van der Waals surface area contributed by atoms with Crippen LogP contribution in [0.1, 0.15) is 18.5 Å². The van der Waals surface area contributed by atoms with E-state index in [0.29, 0.717) is 0 Å². The molecule has 2 heterocycles. The number of benzene rings is 1. The largest absolute Gasteiger partial charge is 0.314 e. The van der Waals surface area contributed by atoms with Crippen molar-refractivity contribution in [1.82, 2.24) is 4.40 Å². The fourth-order valence-electron chi connectivity index (χ4n) is 2.55. The van der Waals surface area contributed by atoms with E-state index in [9.17, 15) is 0 Å². The van der Waals surface area contributed by atoms with Crippen LogP contribution in [-0.4, -0.2) is 4.40 Å². The van der Waals surface area contributed by atoms with E-state index in [2.05, 4.69) is 59.5 Å². The molecule has 0 atom stereocenters. The molecule has 1 heteroatoms. The summed E-state index contributed by atoms with van der Waals surface area (Å²) in [5, 5.41) is 1.30. The van der Waals surface area contributed by atoms with Crippen molar-refractivity contribution in [1.29, 1.82) is 0 Å². The third-order valence-corrected chi connectivity index (χ3v) is 3.44. The van der Waals surface area contributed by atoms with Gasteiger partial charge in [0.05, 0.1) is 5.52 Å². The van der Waals surface area contributed by atoms with Crippen molar-refractivity contribution in [3.05, 3.63) is 66.9 Å². The summed E-state index contributed by atoms with van der Waals surface area (Å²) in [5.74, 6) is 0. The SMILES string of the molecule is C=CCCCc1ccc2ccc3ccccc3n12. The second kappa shape index (κ2) is 4.69. The van der Waals surface area contributed by atoms with Crippen LogP contribution in [0.2, 0.25) is 0 Å². The minimum absolute atomic E-state index is 1.08. The molecule has 0 saturated heterocycles. The van der Waals surface area contributed by atoms with Gasteiger partial charge in [0, 0.05) is 11.2 Å². The Morgan fingerprint density at radius 1 is 1.00 bits per heavy atom. The number of allylic oxidation sites excluding steroid dienone is 1. The van der Waals surface area contributed by atoms with Gasteiger partial charge in [0.25, 0.3) is 0 Å². The van der Waals surface area contributed by atoms with E-state index >= 15 is 0 Å². The van der Waals surface area contributed by atoms with Crippen LogP contribution in [0, 0.1) is 0 Å². The van der Waals surface area contributed by atoms with Crippen molar-refractivity contribution >= 4 is 16.4 Å². The molecular formula is C17H17N. The molecule has 90 valence electrons. The van der Waals surface area contributed by atoms with Gasteiger partial charge >= 0.3 is 0 Å². The van der Waals surface area contributed by atoms with Gasteiger partial charge in [-0.3, -0.25) is 0 Å². The molecule has 0 unspecified atom stereocenters. The zero-order valence-electron chi connectivity index (χ0n) is 10.5. The highest BCUT2D eigenvalue weighted by molar-refractivity contribution is 5.83. The molecule has 0 spiro atoms. The first-order valence-corrected chi connectivity index (χ1v) is 6.49. The zero-order chi connectivity index (χ0) is 12.4. The van der Waals surface area contributed by atoms with E-state index < -0.39 is 0 Å². The summed E-state index contributed by atoms with van der Waals surface area (Å²) < 4.78 is 2.37. The molecule has 3 rings (SSSR count). The molecule has 0 bridgehead atoms. The number of aromatic nitrogens is 1. The molecule has 2 aromatic heterocycles. The van der Waals surface area contributed by atoms with Gasteiger partial charge in [-0.05, 0) is 48.9 Å². The van der Waals surface area contributed by atoms with Crippen LogP contribution in [0.15, 0.2) is 61.2 Å². The Bertz CT molecular complexity index is 691. The van der Waals surface area contributed by atoms with Gasteiger partial charge in [0.15, 0.2) is 0 Å². The van der Waals surface area contributed by atoms with E-state index in [1.807, 2.05) is 6.08 Å². The second-order valence-corrected chi connectivity index (χ2v) is 4.66. The van der Waals surface area contributed by atoms with Crippen LogP contribution in [0.25, 0.3) is 16.4 Å². The number of aryl methyl sites for hydroxylation is 1. The Hall–Kier alpha value is -2.02. The zero-order valence-corrected chi connectivity index (χ0v) is 10.5. The highest BCUT2D eigenvalue weighted by Crippen LogP contribution is 2.21. The molecule has 0 aliphatic rings. The van der Waals surface area contributed by atoms with Crippen molar-refractivity contribution in [3.8, 4) is 0 Å². The third kappa shape index (κ3) is 1.82. The molecule has 18 heavy (non-hydrogen) atoms. The van der Waals surface area contributed by atoms with Crippen molar-refractivity contribution in [3.63, 3.8) is 0 Å². The van der Waals surface area contributed by atoms with Crippen LogP contribution in [-0.2, 0) is 6.42 Å². The van der Waals surface area contributed by atoms with E-state index in [1.54, 1.807) is 0 Å². The highest BCUT2D eigenvalue weighted by atomic mass is 14.9. The minimum Gasteiger partial charge on any atom is -0.314 e. The number of para-hydroxylation sites is 1. The number of nitrogens with zero attached hydrogens (tertiary/aromatic N) is 1. The molecule has 0 amide bonds. The first-order valence-electron chi connectivity index (χ1n) is 6.49. The summed E-state index contributed by atoms with van der Waals surface area (Å²) in [6.45, 7) is 3.78. The molecule has 3 aromatic rings. The Kier molecular flexibility index (Phi) is 2.89. The fraction of sp³-hybridized carbons (Fsp3) is 0.176. The minimum atomic E-state index is 1.08. The van der Waals surface area contributed by atoms with Crippen LogP contribution < -0.4 is 0 Å². The first-order chi connectivity index (χ1) is 8.90. The van der Waals surface area contributed by atoms with Gasteiger partial charge in [-0.2, -0.15) is 0 Å². The normalized spacial score (nSPS) is 11.1. The van der Waals surface area contributed by atoms with E-state index in [4.69, 9.17) is 0 Å². The molecule has 0 fully saturated rings. The van der Waals surface area contributed by atoms with Crippen molar-refractivity contribution in [2.24, 2.45) is 0 Å². The number of hydrogen-bond acceptors (Lipinski definition) is 0. The first kappa shape index (κ1) is 11.1. The van der Waals surface area contributed by atoms with Crippen molar-refractivity contribution < 1.29 is 0 Å². The van der Waals surface area contributed by atoms with Crippen LogP contribution in [0.4, 0.5) is 0 Å². The second-order valence-electron chi connectivity index (χ2n) is 4.66. The predicted molar refractivity (Wildman–Crippen MR) is 78.0 cm³/mol. The van der Waals surface area contributed by atoms with Gasteiger partial charge < -0.3 is 4.40 Å². The van der Waals surface area contributed by atoms with Gasteiger partial charge in [-0.25, -0.2) is 0 Å². The standard InChI is InChI=1S/C17H17N/c1-2-3-4-8-15-12-13-16-11-10-14-7-5-6-9-17(14)18(15)16/h2,5-7,9-13H,1,3-4,8H2. The third-order valence-electron chi connectivity index (χ3n) is 3.44. The van der Waals surface area contributed by atoms with Crippen molar-refractivity contribution in [2.45, 2.75) is 19.3 Å². The van der Waals surface area contributed by atoms with Crippen molar-refractivity contribution in [2.75, 3.05) is 0 Å². The van der Waals surface area contributed by atoms with Crippen LogP contribution in [0.3, 0.4) is 0 Å². The lowest BCUT2D eigenvalue weighted by Gasteiger charge is -2.07. The molecule has 1 aromatic carbocycles. The number of pyridine rings is 1. The summed E-state index contributed by atoms with van der Waals surface area (Å²) in [7, 11) is 0. The van der Waals surface area contributed by atoms with Crippen LogP contribution >= 0.6 is 0 Å². The predicted octanol–water partition coefficient (Wildman–Crippen LogP) is 4.60. The van der Waals surface area contributed by atoms with E-state index in [1.165, 1.54) is 28.5 Å². The Balaban J connectivity index is 2.14. The maximum Gasteiger partial charge on any atom is 0.0530 e. The van der Waals surface area contributed by atoms with Gasteiger partial charge in [-0.15, -0.1) is 6.58 Å². The fourth-order valence-corrected chi connectivity index (χ4v) is 2.55. The quantitative estimate of drug-likeness (QED) is 0.460. The topological polar surface area (TPSA) is 4.41 Å². The summed E-state index contributed by atoms with van der Waals surface area (Å²) in [6, 6.07) is 17.4. The Morgan fingerprint density at radius 3 is 2.72 bits per heavy atom. The summed E-state index contributed by atoms with van der Waals surface area (Å²) in [6.07, 6.45) is 5.35. The number of unbranched alkanes of at least 4 members (excludes halogenated alkanes) is 1. The Labute approximate surface area is 107 Å². The van der Waals surface area contributed by atoms with E-state index in [0.717, 1.165) is 12.8 Å². The molecule has 0 saturated carbocycles. The molecule has 0 radical (unpaired) electrons. The average molecular weight is 235 g/mol. The highest BCUT2D eigenvalue weighted by Gasteiger charge is 2.04. The van der Waals surface area contributed by atoms with Gasteiger partial charge in [0.1, 0.15) is 0 Å².